The van der Waals surface area contributed by atoms with Gasteiger partial charge in [-0.3, -0.25) is 4.79 Å². The summed E-state index contributed by atoms with van der Waals surface area (Å²) in [6.45, 7) is 5.16. The maximum Gasteiger partial charge on any atom is 0.220 e. The van der Waals surface area contributed by atoms with Crippen molar-refractivity contribution in [1.82, 2.24) is 10.6 Å². The first-order valence-corrected chi connectivity index (χ1v) is 9.54. The van der Waals surface area contributed by atoms with E-state index in [0.29, 0.717) is 18.3 Å². The van der Waals surface area contributed by atoms with Crippen molar-refractivity contribution in [3.05, 3.63) is 35.2 Å². The van der Waals surface area contributed by atoms with Crippen LogP contribution in [0.2, 0.25) is 0 Å². The molecular formula is C19H27ClN2OS. The van der Waals surface area contributed by atoms with Crippen molar-refractivity contribution < 1.29 is 4.79 Å². The number of carbonyl (C=O) groups is 1. The lowest BCUT2D eigenvalue weighted by atomic mass is 9.84. The van der Waals surface area contributed by atoms with Crippen molar-refractivity contribution in [3.8, 4) is 0 Å². The summed E-state index contributed by atoms with van der Waals surface area (Å²) in [6, 6.07) is 8.48. The van der Waals surface area contributed by atoms with E-state index in [2.05, 4.69) is 47.2 Å². The van der Waals surface area contributed by atoms with Gasteiger partial charge in [0.1, 0.15) is 0 Å². The van der Waals surface area contributed by atoms with E-state index in [1.807, 2.05) is 0 Å². The summed E-state index contributed by atoms with van der Waals surface area (Å²) in [7, 11) is 0. The number of amides is 1. The molecule has 1 unspecified atom stereocenters. The summed E-state index contributed by atoms with van der Waals surface area (Å²) in [5, 5.41) is 10.0. The molecule has 1 fully saturated rings. The number of nitrogens with one attached hydrogen (secondary N) is 2. The quantitative estimate of drug-likeness (QED) is 0.811. The highest BCUT2D eigenvalue weighted by atomic mass is 35.5. The number of benzene rings is 1. The molecule has 24 heavy (non-hydrogen) atoms. The largest absolute Gasteiger partial charge is 0.356 e. The predicted molar refractivity (Wildman–Crippen MR) is 105 cm³/mol. The Morgan fingerprint density at radius 3 is 2.88 bits per heavy atom. The maximum absolute atomic E-state index is 12.2. The number of rotatable bonds is 6. The average Bonchev–Trinajstić information content (AvgIpc) is 2.99. The lowest BCUT2D eigenvalue weighted by Gasteiger charge is -2.27. The third kappa shape index (κ3) is 4.95. The number of fused-ring (bicyclic) bond motifs is 1. The maximum atomic E-state index is 12.2. The van der Waals surface area contributed by atoms with Crippen molar-refractivity contribution in [1.29, 1.82) is 0 Å². The van der Waals surface area contributed by atoms with Crippen LogP contribution in [0.25, 0.3) is 10.1 Å². The van der Waals surface area contributed by atoms with Crippen LogP contribution < -0.4 is 10.6 Å². The molecule has 0 saturated carbocycles. The van der Waals surface area contributed by atoms with Crippen LogP contribution in [0.4, 0.5) is 0 Å². The molecule has 3 rings (SSSR count). The molecule has 1 aromatic heterocycles. The summed E-state index contributed by atoms with van der Waals surface area (Å²) in [5.41, 5.74) is 1.34. The lowest BCUT2D eigenvalue weighted by Crippen LogP contribution is -2.34. The van der Waals surface area contributed by atoms with Crippen molar-refractivity contribution >= 4 is 39.7 Å². The third-order valence-corrected chi connectivity index (χ3v) is 5.99. The lowest BCUT2D eigenvalue weighted by molar-refractivity contribution is -0.122. The fourth-order valence-electron chi connectivity index (χ4n) is 3.51. The van der Waals surface area contributed by atoms with Gasteiger partial charge < -0.3 is 10.6 Å². The van der Waals surface area contributed by atoms with Gasteiger partial charge in [-0.15, -0.1) is 23.7 Å². The number of piperidine rings is 1. The molecule has 2 N–H and O–H groups in total. The minimum Gasteiger partial charge on any atom is -0.356 e. The fraction of sp³-hybridized carbons (Fsp3) is 0.526. The highest BCUT2D eigenvalue weighted by Gasteiger charge is 2.21. The number of hydrogen-bond donors (Lipinski definition) is 2. The predicted octanol–water partition coefficient (Wildman–Crippen LogP) is 4.01. The molecule has 1 aliphatic rings. The van der Waals surface area contributed by atoms with E-state index in [4.69, 9.17) is 0 Å². The van der Waals surface area contributed by atoms with E-state index in [0.717, 1.165) is 26.1 Å². The summed E-state index contributed by atoms with van der Waals surface area (Å²) in [5.74, 6) is 1.39. The molecular weight excluding hydrogens is 340 g/mol. The standard InChI is InChI=1S/C19H26N2OS.ClH/c1-14(15-6-9-20-10-7-15)12-19(22)21-11-8-16-13-23-18-5-3-2-4-17(16)18;/h2-5,13-15,20H,6-12H2,1H3,(H,21,22);1H. The van der Waals surface area contributed by atoms with E-state index in [1.54, 1.807) is 11.3 Å². The van der Waals surface area contributed by atoms with Crippen LogP contribution in [0.5, 0.6) is 0 Å². The number of hydrogen-bond acceptors (Lipinski definition) is 3. The van der Waals surface area contributed by atoms with Gasteiger partial charge in [0.05, 0.1) is 0 Å². The second kappa shape index (κ2) is 9.40. The Labute approximate surface area is 154 Å². The Hall–Kier alpha value is -1.10. The Bertz CT molecular complexity index is 652. The van der Waals surface area contributed by atoms with Crippen LogP contribution in [0, 0.1) is 11.8 Å². The fourth-order valence-corrected chi connectivity index (χ4v) is 4.50. The van der Waals surface area contributed by atoms with Gasteiger partial charge in [0.2, 0.25) is 5.91 Å². The van der Waals surface area contributed by atoms with E-state index >= 15 is 0 Å². The van der Waals surface area contributed by atoms with Gasteiger partial charge in [0, 0.05) is 17.7 Å². The van der Waals surface area contributed by atoms with Crippen LogP contribution >= 0.6 is 23.7 Å². The Morgan fingerprint density at radius 1 is 1.33 bits per heavy atom. The van der Waals surface area contributed by atoms with Crippen molar-refractivity contribution in [2.24, 2.45) is 11.8 Å². The summed E-state index contributed by atoms with van der Waals surface area (Å²) < 4.78 is 1.33. The molecule has 1 saturated heterocycles. The summed E-state index contributed by atoms with van der Waals surface area (Å²) in [4.78, 5) is 12.2. The monoisotopic (exact) mass is 366 g/mol. The molecule has 0 bridgehead atoms. The van der Waals surface area contributed by atoms with Gasteiger partial charge >= 0.3 is 0 Å². The van der Waals surface area contributed by atoms with Gasteiger partial charge in [-0.1, -0.05) is 25.1 Å². The number of thiophene rings is 1. The number of halogens is 1. The zero-order valence-corrected chi connectivity index (χ0v) is 15.8. The molecule has 2 aromatic rings. The van der Waals surface area contributed by atoms with Gasteiger partial charge in [-0.2, -0.15) is 0 Å². The molecule has 0 radical (unpaired) electrons. The molecule has 1 aromatic carbocycles. The second-order valence-electron chi connectivity index (χ2n) is 6.63. The first-order chi connectivity index (χ1) is 11.2. The van der Waals surface area contributed by atoms with E-state index < -0.39 is 0 Å². The van der Waals surface area contributed by atoms with Crippen molar-refractivity contribution in [3.63, 3.8) is 0 Å². The number of carbonyl (C=O) groups excluding carboxylic acids is 1. The topological polar surface area (TPSA) is 41.1 Å². The Kier molecular flexibility index (Phi) is 7.53. The van der Waals surface area contributed by atoms with Crippen molar-refractivity contribution in [2.45, 2.75) is 32.6 Å². The van der Waals surface area contributed by atoms with E-state index in [1.165, 1.54) is 28.5 Å². The summed E-state index contributed by atoms with van der Waals surface area (Å²) in [6.07, 6.45) is 3.98. The van der Waals surface area contributed by atoms with Crippen LogP contribution in [-0.4, -0.2) is 25.5 Å². The van der Waals surface area contributed by atoms with Crippen LogP contribution in [-0.2, 0) is 11.2 Å². The van der Waals surface area contributed by atoms with Gasteiger partial charge in [0.25, 0.3) is 0 Å². The van der Waals surface area contributed by atoms with Crippen LogP contribution in [0.3, 0.4) is 0 Å². The molecule has 1 atom stereocenters. The highest BCUT2D eigenvalue weighted by molar-refractivity contribution is 7.17. The molecule has 132 valence electrons. The molecule has 2 heterocycles. The first kappa shape index (κ1) is 19.2. The molecule has 1 aliphatic heterocycles. The zero-order valence-electron chi connectivity index (χ0n) is 14.2. The molecule has 1 amide bonds. The third-order valence-electron chi connectivity index (χ3n) is 4.97. The second-order valence-corrected chi connectivity index (χ2v) is 7.54. The van der Waals surface area contributed by atoms with E-state index in [-0.39, 0.29) is 18.3 Å². The molecule has 5 heteroatoms. The van der Waals surface area contributed by atoms with Gasteiger partial charge in [-0.25, -0.2) is 0 Å². The molecule has 0 spiro atoms. The smallest absolute Gasteiger partial charge is 0.220 e. The molecule has 0 aliphatic carbocycles. The Balaban J connectivity index is 0.00000208. The van der Waals surface area contributed by atoms with Crippen LogP contribution in [0.15, 0.2) is 29.6 Å². The zero-order chi connectivity index (χ0) is 16.1. The SMILES string of the molecule is CC(CC(=O)NCCc1csc2ccccc12)C1CCNCC1.Cl. The normalized spacial score (nSPS) is 16.5. The minimum atomic E-state index is 0. The van der Waals surface area contributed by atoms with Crippen molar-refractivity contribution in [2.75, 3.05) is 19.6 Å². The first-order valence-electron chi connectivity index (χ1n) is 8.66. The minimum absolute atomic E-state index is 0. The Morgan fingerprint density at radius 2 is 2.08 bits per heavy atom. The summed E-state index contributed by atoms with van der Waals surface area (Å²) >= 11 is 1.78. The van der Waals surface area contributed by atoms with Gasteiger partial charge in [0.15, 0.2) is 0 Å². The van der Waals surface area contributed by atoms with E-state index in [9.17, 15) is 4.79 Å². The molecule has 3 nitrogen and oxygen atoms in total. The van der Waals surface area contributed by atoms with Gasteiger partial charge in [-0.05, 0) is 66.6 Å². The van der Waals surface area contributed by atoms with Crippen LogP contribution in [0.1, 0.15) is 31.7 Å². The highest BCUT2D eigenvalue weighted by Crippen LogP contribution is 2.26. The average molecular weight is 367 g/mol.